The van der Waals surface area contributed by atoms with Gasteiger partial charge in [0.1, 0.15) is 16.1 Å². The molecule has 6 nitrogen and oxygen atoms in total. The number of nitrogens with zero attached hydrogens (tertiary/aromatic N) is 4. The lowest BCUT2D eigenvalue weighted by Gasteiger charge is -2.35. The fourth-order valence-electron chi connectivity index (χ4n) is 2.55. The molecule has 1 aliphatic rings. The van der Waals surface area contributed by atoms with Crippen LogP contribution in [0.25, 0.3) is 10.3 Å². The van der Waals surface area contributed by atoms with Gasteiger partial charge in [0.15, 0.2) is 6.29 Å². The molecule has 0 N–H and O–H groups in total. The Kier molecular flexibility index (Phi) is 4.08. The van der Waals surface area contributed by atoms with E-state index in [0.29, 0.717) is 15.5 Å². The zero-order chi connectivity index (χ0) is 15.0. The molecule has 1 atom stereocenters. The summed E-state index contributed by atoms with van der Waals surface area (Å²) >= 11 is 6.87. The maximum absolute atomic E-state index is 12.3. The van der Waals surface area contributed by atoms with E-state index in [0.717, 1.165) is 43.8 Å². The van der Waals surface area contributed by atoms with Crippen LogP contribution in [0.1, 0.15) is 6.17 Å². The third-order valence-electron chi connectivity index (χ3n) is 3.74. The highest BCUT2D eigenvalue weighted by atomic mass is 35.5. The molecule has 1 aliphatic heterocycles. The van der Waals surface area contributed by atoms with Crippen molar-refractivity contribution in [3.63, 3.8) is 0 Å². The summed E-state index contributed by atoms with van der Waals surface area (Å²) in [6.45, 7) is 3.27. The molecule has 1 fully saturated rings. The minimum atomic E-state index is -0.581. The highest BCUT2D eigenvalue weighted by Crippen LogP contribution is 2.22. The number of aromatic nitrogens is 2. The first-order valence-corrected chi connectivity index (χ1v) is 7.85. The van der Waals surface area contributed by atoms with E-state index in [1.807, 2.05) is 11.9 Å². The van der Waals surface area contributed by atoms with Crippen LogP contribution in [-0.4, -0.2) is 58.9 Å². The molecule has 0 aliphatic carbocycles. The fourth-order valence-corrected chi connectivity index (χ4v) is 3.63. The maximum Gasteiger partial charge on any atom is 0.311 e. The molecule has 0 saturated carbocycles. The van der Waals surface area contributed by atoms with Crippen molar-refractivity contribution in [2.24, 2.45) is 0 Å². The Morgan fingerprint density at radius 2 is 2.05 bits per heavy atom. The topological polar surface area (TPSA) is 58.4 Å². The van der Waals surface area contributed by atoms with E-state index in [9.17, 15) is 9.59 Å². The van der Waals surface area contributed by atoms with Gasteiger partial charge >= 0.3 is 4.87 Å². The van der Waals surface area contributed by atoms with Gasteiger partial charge in [-0.15, -0.1) is 0 Å². The molecule has 112 valence electrons. The molecule has 0 amide bonds. The summed E-state index contributed by atoms with van der Waals surface area (Å²) in [4.78, 5) is 32.6. The molecule has 8 heteroatoms. The van der Waals surface area contributed by atoms with Crippen LogP contribution in [0.4, 0.5) is 0 Å². The van der Waals surface area contributed by atoms with Gasteiger partial charge in [0, 0.05) is 26.2 Å². The Balaban J connectivity index is 2.03. The minimum Gasteiger partial charge on any atom is -0.304 e. The molecule has 3 rings (SSSR count). The van der Waals surface area contributed by atoms with E-state index in [1.54, 1.807) is 12.1 Å². The molecule has 2 aromatic heterocycles. The van der Waals surface area contributed by atoms with Gasteiger partial charge in [0.05, 0.1) is 5.52 Å². The average Bonchev–Trinajstić information content (AvgIpc) is 2.77. The quantitative estimate of drug-likeness (QED) is 0.623. The molecule has 0 spiro atoms. The summed E-state index contributed by atoms with van der Waals surface area (Å²) in [5.74, 6) is 0. The van der Waals surface area contributed by atoms with Gasteiger partial charge in [-0.3, -0.25) is 19.1 Å². The molecule has 1 unspecified atom stereocenters. The Morgan fingerprint density at radius 1 is 1.33 bits per heavy atom. The van der Waals surface area contributed by atoms with Crippen molar-refractivity contribution in [2.75, 3.05) is 33.2 Å². The van der Waals surface area contributed by atoms with Crippen molar-refractivity contribution >= 4 is 39.6 Å². The average molecular weight is 327 g/mol. The predicted molar refractivity (Wildman–Crippen MR) is 83.1 cm³/mol. The summed E-state index contributed by atoms with van der Waals surface area (Å²) in [6.07, 6.45) is 0.246. The highest BCUT2D eigenvalue weighted by Gasteiger charge is 2.26. The number of rotatable bonds is 3. The molecule has 21 heavy (non-hydrogen) atoms. The third-order valence-corrected chi connectivity index (χ3v) is 4.82. The van der Waals surface area contributed by atoms with Crippen LogP contribution >= 0.6 is 22.9 Å². The molecule has 2 aromatic rings. The normalized spacial score (nSPS) is 19.0. The van der Waals surface area contributed by atoms with Gasteiger partial charge in [0.25, 0.3) is 0 Å². The summed E-state index contributed by atoms with van der Waals surface area (Å²) in [5, 5.41) is 0.346. The van der Waals surface area contributed by atoms with Crippen LogP contribution in [-0.2, 0) is 4.79 Å². The number of halogens is 1. The Labute approximate surface area is 130 Å². The van der Waals surface area contributed by atoms with Crippen LogP contribution in [0.5, 0.6) is 0 Å². The molecular formula is C13H15ClN4O2S. The summed E-state index contributed by atoms with van der Waals surface area (Å²) in [5.41, 5.74) is 0.658. The van der Waals surface area contributed by atoms with Crippen molar-refractivity contribution in [1.29, 1.82) is 0 Å². The lowest BCUT2D eigenvalue weighted by atomic mass is 10.3. The molecule has 1 saturated heterocycles. The Bertz CT molecular complexity index is 721. The number of pyridine rings is 1. The van der Waals surface area contributed by atoms with Crippen molar-refractivity contribution in [3.8, 4) is 0 Å². The molecule has 0 aromatic carbocycles. The number of fused-ring (bicyclic) bond motifs is 1. The first-order valence-electron chi connectivity index (χ1n) is 6.65. The maximum atomic E-state index is 12.3. The second-order valence-electron chi connectivity index (χ2n) is 5.09. The standard InChI is InChI=1S/C13H15ClN4O2S/c1-16-4-6-17(7-5-16)11(8-19)18-9-2-3-10(14)15-12(9)21-13(18)20/h2-3,8,11H,4-7H2,1H3. The number of carbonyl (C=O) groups excluding carboxylic acids is 1. The van der Waals surface area contributed by atoms with Crippen molar-refractivity contribution in [2.45, 2.75) is 6.17 Å². The van der Waals surface area contributed by atoms with Gasteiger partial charge in [-0.25, -0.2) is 4.98 Å². The summed E-state index contributed by atoms with van der Waals surface area (Å²) in [6, 6.07) is 3.38. The van der Waals surface area contributed by atoms with Gasteiger partial charge in [-0.2, -0.15) is 0 Å². The highest BCUT2D eigenvalue weighted by molar-refractivity contribution is 7.16. The monoisotopic (exact) mass is 326 g/mol. The molecular weight excluding hydrogens is 312 g/mol. The second kappa shape index (κ2) is 5.84. The second-order valence-corrected chi connectivity index (χ2v) is 6.41. The van der Waals surface area contributed by atoms with Crippen LogP contribution in [0.3, 0.4) is 0 Å². The van der Waals surface area contributed by atoms with Crippen LogP contribution in [0, 0.1) is 0 Å². The molecule has 3 heterocycles. The molecule has 0 bridgehead atoms. The third kappa shape index (κ3) is 2.74. The Morgan fingerprint density at radius 3 is 2.71 bits per heavy atom. The Hall–Kier alpha value is -1.28. The SMILES string of the molecule is CN1CCN(C(C=O)n2c(=O)sc3nc(Cl)ccc32)CC1. The number of likely N-dealkylation sites (N-methyl/N-ethyl adjacent to an activating group) is 1. The van der Waals surface area contributed by atoms with E-state index in [-0.39, 0.29) is 4.87 Å². The predicted octanol–water partition coefficient (Wildman–Crippen LogP) is 1.06. The van der Waals surface area contributed by atoms with Gasteiger partial charge in [-0.05, 0) is 19.2 Å². The number of hydrogen-bond donors (Lipinski definition) is 0. The zero-order valence-corrected chi connectivity index (χ0v) is 13.1. The summed E-state index contributed by atoms with van der Waals surface area (Å²) in [7, 11) is 2.05. The van der Waals surface area contributed by atoms with Crippen LogP contribution in [0.2, 0.25) is 5.15 Å². The van der Waals surface area contributed by atoms with E-state index in [1.165, 1.54) is 4.57 Å². The first kappa shape index (κ1) is 14.6. The van der Waals surface area contributed by atoms with Crippen molar-refractivity contribution in [3.05, 3.63) is 27.0 Å². The zero-order valence-electron chi connectivity index (χ0n) is 11.5. The van der Waals surface area contributed by atoms with Gasteiger partial charge in [-0.1, -0.05) is 22.9 Å². The number of piperazine rings is 1. The van der Waals surface area contributed by atoms with Gasteiger partial charge < -0.3 is 4.90 Å². The lowest BCUT2D eigenvalue weighted by molar-refractivity contribution is -0.116. The van der Waals surface area contributed by atoms with Crippen molar-refractivity contribution in [1.82, 2.24) is 19.4 Å². The first-order chi connectivity index (χ1) is 10.1. The lowest BCUT2D eigenvalue weighted by Crippen LogP contribution is -2.48. The smallest absolute Gasteiger partial charge is 0.304 e. The minimum absolute atomic E-state index is 0.184. The van der Waals surface area contributed by atoms with E-state index in [4.69, 9.17) is 11.6 Å². The van der Waals surface area contributed by atoms with Crippen molar-refractivity contribution < 1.29 is 4.79 Å². The van der Waals surface area contributed by atoms with E-state index in [2.05, 4.69) is 9.88 Å². The number of thiazole rings is 1. The molecule has 0 radical (unpaired) electrons. The number of aldehydes is 1. The van der Waals surface area contributed by atoms with Crippen LogP contribution < -0.4 is 4.87 Å². The summed E-state index contributed by atoms with van der Waals surface area (Å²) < 4.78 is 1.52. The number of carbonyl (C=O) groups is 1. The van der Waals surface area contributed by atoms with E-state index >= 15 is 0 Å². The van der Waals surface area contributed by atoms with Gasteiger partial charge in [0.2, 0.25) is 0 Å². The fraction of sp³-hybridized carbons (Fsp3) is 0.462. The van der Waals surface area contributed by atoms with E-state index < -0.39 is 6.17 Å². The van der Waals surface area contributed by atoms with Crippen LogP contribution in [0.15, 0.2) is 16.9 Å². The largest absolute Gasteiger partial charge is 0.311 e. The number of hydrogen-bond acceptors (Lipinski definition) is 6.